The standard InChI is InChI=1S/C28H34N4O4/c1-20(2)32(16-17-33)27(35)24-25(36-19-21-10-4-3-5-11-21)26(34)31-23(30-24)18-28(13-7-8-14-28)22-12-6-9-15-29-22/h3-6,9-12,15,20,33H,7-8,13-14,16-19H2,1-2H3,(H,30,31,34). The van der Waals surface area contributed by atoms with E-state index in [0.29, 0.717) is 12.2 Å². The van der Waals surface area contributed by atoms with Crippen molar-refractivity contribution >= 4 is 5.91 Å². The van der Waals surface area contributed by atoms with E-state index in [0.717, 1.165) is 36.9 Å². The fourth-order valence-corrected chi connectivity index (χ4v) is 5.01. The Bertz CT molecular complexity index is 1210. The molecule has 0 unspecified atom stereocenters. The van der Waals surface area contributed by atoms with E-state index >= 15 is 0 Å². The molecule has 1 amide bonds. The fraction of sp³-hybridized carbons (Fsp3) is 0.429. The van der Waals surface area contributed by atoms with Gasteiger partial charge >= 0.3 is 0 Å². The van der Waals surface area contributed by atoms with Gasteiger partial charge in [0.15, 0.2) is 5.69 Å². The lowest BCUT2D eigenvalue weighted by atomic mass is 9.79. The smallest absolute Gasteiger partial charge is 0.294 e. The van der Waals surface area contributed by atoms with E-state index in [1.807, 2.05) is 62.4 Å². The van der Waals surface area contributed by atoms with E-state index in [9.17, 15) is 14.7 Å². The maximum Gasteiger partial charge on any atom is 0.294 e. The summed E-state index contributed by atoms with van der Waals surface area (Å²) in [5.74, 6) is -0.0991. The third-order valence-corrected chi connectivity index (χ3v) is 6.85. The molecule has 4 rings (SSSR count). The Labute approximate surface area is 211 Å². The second-order valence-corrected chi connectivity index (χ2v) is 9.66. The molecule has 0 saturated heterocycles. The zero-order valence-corrected chi connectivity index (χ0v) is 20.9. The first-order valence-corrected chi connectivity index (χ1v) is 12.6. The molecule has 3 aromatic rings. The fourth-order valence-electron chi connectivity index (χ4n) is 5.01. The highest BCUT2D eigenvalue weighted by atomic mass is 16.5. The summed E-state index contributed by atoms with van der Waals surface area (Å²) in [7, 11) is 0. The Morgan fingerprint density at radius 2 is 1.86 bits per heavy atom. The van der Waals surface area contributed by atoms with Gasteiger partial charge in [0.2, 0.25) is 5.75 Å². The van der Waals surface area contributed by atoms with Crippen LogP contribution in [0.25, 0.3) is 0 Å². The summed E-state index contributed by atoms with van der Waals surface area (Å²) in [6.07, 6.45) is 6.28. The van der Waals surface area contributed by atoms with Crippen LogP contribution in [0.1, 0.15) is 67.1 Å². The zero-order valence-electron chi connectivity index (χ0n) is 20.9. The summed E-state index contributed by atoms with van der Waals surface area (Å²) in [5, 5.41) is 9.54. The normalized spacial score (nSPS) is 14.7. The minimum absolute atomic E-state index is 0.0269. The Kier molecular flexibility index (Phi) is 8.15. The number of hydrogen-bond acceptors (Lipinski definition) is 6. The van der Waals surface area contributed by atoms with Crippen LogP contribution in [-0.2, 0) is 18.4 Å². The first-order valence-electron chi connectivity index (χ1n) is 12.6. The van der Waals surface area contributed by atoms with Gasteiger partial charge in [-0.2, -0.15) is 0 Å². The Balaban J connectivity index is 1.73. The molecule has 36 heavy (non-hydrogen) atoms. The predicted molar refractivity (Wildman–Crippen MR) is 137 cm³/mol. The molecule has 1 saturated carbocycles. The third-order valence-electron chi connectivity index (χ3n) is 6.85. The molecule has 8 heteroatoms. The molecule has 1 aromatic carbocycles. The molecule has 2 N–H and O–H groups in total. The van der Waals surface area contributed by atoms with Crippen LogP contribution in [0.4, 0.5) is 0 Å². The van der Waals surface area contributed by atoms with Gasteiger partial charge in [-0.05, 0) is 44.4 Å². The molecule has 0 bridgehead atoms. The van der Waals surface area contributed by atoms with Gasteiger partial charge in [-0.25, -0.2) is 4.98 Å². The number of hydrogen-bond donors (Lipinski definition) is 2. The summed E-state index contributed by atoms with van der Waals surface area (Å²) in [6, 6.07) is 15.2. The van der Waals surface area contributed by atoms with Gasteiger partial charge in [0.1, 0.15) is 12.4 Å². The van der Waals surface area contributed by atoms with E-state index in [-0.39, 0.29) is 42.7 Å². The average molecular weight is 491 g/mol. The average Bonchev–Trinajstić information content (AvgIpc) is 3.36. The second kappa shape index (κ2) is 11.5. The number of amides is 1. The van der Waals surface area contributed by atoms with E-state index in [2.05, 4.69) is 15.0 Å². The first-order chi connectivity index (χ1) is 17.4. The number of aliphatic hydroxyl groups excluding tert-OH is 1. The van der Waals surface area contributed by atoms with E-state index in [4.69, 9.17) is 4.74 Å². The largest absolute Gasteiger partial charge is 0.481 e. The summed E-state index contributed by atoms with van der Waals surface area (Å²) >= 11 is 0. The van der Waals surface area contributed by atoms with Gasteiger partial charge in [-0.15, -0.1) is 0 Å². The van der Waals surface area contributed by atoms with Crippen molar-refractivity contribution in [2.24, 2.45) is 0 Å². The van der Waals surface area contributed by atoms with Crippen LogP contribution >= 0.6 is 0 Å². The number of rotatable bonds is 10. The van der Waals surface area contributed by atoms with Crippen molar-refractivity contribution in [3.05, 3.63) is 87.9 Å². The van der Waals surface area contributed by atoms with Crippen LogP contribution in [0.5, 0.6) is 5.75 Å². The van der Waals surface area contributed by atoms with Crippen molar-refractivity contribution in [1.82, 2.24) is 19.9 Å². The lowest BCUT2D eigenvalue weighted by molar-refractivity contribution is 0.0652. The number of ether oxygens (including phenoxy) is 1. The second-order valence-electron chi connectivity index (χ2n) is 9.66. The molecule has 8 nitrogen and oxygen atoms in total. The lowest BCUT2D eigenvalue weighted by Crippen LogP contribution is -2.40. The number of nitrogens with zero attached hydrogens (tertiary/aromatic N) is 3. The molecular weight excluding hydrogens is 456 g/mol. The number of nitrogens with one attached hydrogen (secondary N) is 1. The minimum atomic E-state index is -0.485. The van der Waals surface area contributed by atoms with Crippen LogP contribution in [0.3, 0.4) is 0 Å². The zero-order chi connectivity index (χ0) is 25.5. The first kappa shape index (κ1) is 25.6. The maximum absolute atomic E-state index is 13.6. The molecule has 0 atom stereocenters. The van der Waals surface area contributed by atoms with Crippen molar-refractivity contribution in [3.63, 3.8) is 0 Å². The quantitative estimate of drug-likeness (QED) is 0.449. The van der Waals surface area contributed by atoms with Gasteiger partial charge in [0.05, 0.1) is 6.61 Å². The number of benzene rings is 1. The number of carbonyl (C=O) groups excluding carboxylic acids is 1. The summed E-state index contributed by atoms with van der Waals surface area (Å²) in [4.78, 5) is 40.6. The van der Waals surface area contributed by atoms with Gasteiger partial charge in [-0.1, -0.05) is 49.2 Å². The van der Waals surface area contributed by atoms with Crippen molar-refractivity contribution < 1.29 is 14.6 Å². The van der Waals surface area contributed by atoms with Crippen molar-refractivity contribution in [1.29, 1.82) is 0 Å². The van der Waals surface area contributed by atoms with Crippen molar-refractivity contribution in [2.45, 2.75) is 64.0 Å². The van der Waals surface area contributed by atoms with Crippen LogP contribution in [-0.4, -0.2) is 50.1 Å². The SMILES string of the molecule is CC(C)N(CCO)C(=O)c1nc(CC2(c3ccccn3)CCCC2)[nH]c(=O)c1OCc1ccccc1. The Morgan fingerprint density at radius 1 is 1.14 bits per heavy atom. The van der Waals surface area contributed by atoms with E-state index in [1.165, 1.54) is 4.90 Å². The number of aromatic nitrogens is 3. The number of H-pyrrole nitrogens is 1. The summed E-state index contributed by atoms with van der Waals surface area (Å²) < 4.78 is 5.89. The molecule has 2 aromatic heterocycles. The molecule has 0 radical (unpaired) electrons. The number of aliphatic hydroxyl groups is 1. The highest BCUT2D eigenvalue weighted by Gasteiger charge is 2.38. The molecule has 1 aliphatic carbocycles. The molecule has 1 aliphatic rings. The number of pyridine rings is 1. The molecule has 2 heterocycles. The van der Waals surface area contributed by atoms with Crippen LogP contribution < -0.4 is 10.3 Å². The summed E-state index contributed by atoms with van der Waals surface area (Å²) in [5.41, 5.74) is 1.09. The van der Waals surface area contributed by atoms with Crippen LogP contribution in [0, 0.1) is 0 Å². The maximum atomic E-state index is 13.6. The Hall–Kier alpha value is -3.52. The molecule has 190 valence electrons. The Morgan fingerprint density at radius 3 is 2.50 bits per heavy atom. The van der Waals surface area contributed by atoms with E-state index in [1.54, 1.807) is 6.20 Å². The van der Waals surface area contributed by atoms with Gasteiger partial charge < -0.3 is 19.7 Å². The highest BCUT2D eigenvalue weighted by Crippen LogP contribution is 2.42. The van der Waals surface area contributed by atoms with Gasteiger partial charge in [-0.3, -0.25) is 14.6 Å². The van der Waals surface area contributed by atoms with Crippen molar-refractivity contribution in [3.8, 4) is 5.75 Å². The van der Waals surface area contributed by atoms with Crippen LogP contribution in [0.2, 0.25) is 0 Å². The third kappa shape index (κ3) is 5.65. The minimum Gasteiger partial charge on any atom is -0.481 e. The van der Waals surface area contributed by atoms with Crippen LogP contribution in [0.15, 0.2) is 59.5 Å². The molecular formula is C28H34N4O4. The number of aromatic amines is 1. The predicted octanol–water partition coefficient (Wildman–Crippen LogP) is 3.64. The van der Waals surface area contributed by atoms with Crippen molar-refractivity contribution in [2.75, 3.05) is 13.2 Å². The van der Waals surface area contributed by atoms with Gasteiger partial charge in [0.25, 0.3) is 11.5 Å². The lowest BCUT2D eigenvalue weighted by Gasteiger charge is -2.29. The molecule has 0 aliphatic heterocycles. The summed E-state index contributed by atoms with van der Waals surface area (Å²) in [6.45, 7) is 3.80. The monoisotopic (exact) mass is 490 g/mol. The number of carbonyl (C=O) groups is 1. The topological polar surface area (TPSA) is 108 Å². The highest BCUT2D eigenvalue weighted by molar-refractivity contribution is 5.95. The van der Waals surface area contributed by atoms with E-state index < -0.39 is 11.5 Å². The molecule has 0 spiro atoms. The van der Waals surface area contributed by atoms with Gasteiger partial charge in [0, 0.05) is 36.3 Å². The molecule has 1 fully saturated rings.